The zero-order valence-corrected chi connectivity index (χ0v) is 23.4. The number of ether oxygens (including phenoxy) is 7. The molecule has 19 nitrogen and oxygen atoms in total. The van der Waals surface area contributed by atoms with Crippen LogP contribution in [0.2, 0.25) is 0 Å². The van der Waals surface area contributed by atoms with Crippen LogP contribution in [0.4, 0.5) is 14.0 Å². The van der Waals surface area contributed by atoms with Crippen molar-refractivity contribution in [1.82, 2.24) is 9.55 Å². The molecule has 0 spiro atoms. The monoisotopic (exact) mass is 632 g/mol. The lowest BCUT2D eigenvalue weighted by molar-refractivity contribution is -0.168. The van der Waals surface area contributed by atoms with E-state index < -0.39 is 80.8 Å². The highest BCUT2D eigenvalue weighted by Crippen LogP contribution is 2.71. The Labute approximate surface area is 235 Å². The number of fused-ring (bicyclic) bond motifs is 1. The molecule has 0 aromatic carbocycles. The van der Waals surface area contributed by atoms with E-state index in [0.717, 1.165) is 19.2 Å². The Morgan fingerprint density at radius 1 is 1.02 bits per heavy atom. The third-order valence-corrected chi connectivity index (χ3v) is 7.58. The number of carbonyl (C=O) groups excluding carboxylic acids is 2. The van der Waals surface area contributed by atoms with Gasteiger partial charge < -0.3 is 43.4 Å². The van der Waals surface area contributed by atoms with Crippen molar-refractivity contribution in [2.45, 2.75) is 36.1 Å². The Balaban J connectivity index is 1.75. The summed E-state index contributed by atoms with van der Waals surface area (Å²) in [6.45, 7) is -3.17. The second kappa shape index (κ2) is 13.6. The average molecular weight is 632 g/mol. The third-order valence-electron chi connectivity index (χ3n) is 6.27. The average Bonchev–Trinajstić information content (AvgIpc) is 3.37. The van der Waals surface area contributed by atoms with Gasteiger partial charge in [0, 0.05) is 26.5 Å². The van der Waals surface area contributed by atoms with Crippen molar-refractivity contribution < 1.29 is 75.5 Å². The van der Waals surface area contributed by atoms with Gasteiger partial charge in [0.05, 0.1) is 13.2 Å². The van der Waals surface area contributed by atoms with Crippen LogP contribution in [-0.2, 0) is 51.3 Å². The van der Waals surface area contributed by atoms with Gasteiger partial charge in [-0.3, -0.25) is 18.9 Å². The van der Waals surface area contributed by atoms with E-state index >= 15 is 0 Å². The molecule has 2 fully saturated rings. The summed E-state index contributed by atoms with van der Waals surface area (Å²) < 4.78 is 76.9. The number of phosphoric ester groups is 1. The highest BCUT2D eigenvalue weighted by Gasteiger charge is 2.93. The minimum absolute atomic E-state index is 0.0379. The number of H-pyrrole nitrogens is 1. The number of hydrogen-bond acceptors (Lipinski definition) is 17. The summed E-state index contributed by atoms with van der Waals surface area (Å²) in [7, 11) is -2.35. The molecule has 1 aromatic rings. The smallest absolute Gasteiger partial charge is 0.432 e. The molecule has 21 heteroatoms. The number of hydrogen-bond donors (Lipinski definition) is 3. The molecule has 1 aromatic heterocycles. The van der Waals surface area contributed by atoms with Crippen molar-refractivity contribution in [2.75, 3.05) is 60.9 Å². The topological polar surface area (TPSA) is 239 Å². The van der Waals surface area contributed by atoms with E-state index in [1.54, 1.807) is 0 Å². The minimum Gasteiger partial charge on any atom is -0.432 e. The highest BCUT2D eigenvalue weighted by molar-refractivity contribution is 7.48. The van der Waals surface area contributed by atoms with Gasteiger partial charge in [-0.05, 0) is 6.92 Å². The van der Waals surface area contributed by atoms with E-state index in [-0.39, 0.29) is 26.4 Å². The van der Waals surface area contributed by atoms with E-state index in [4.69, 9.17) is 27.8 Å². The summed E-state index contributed by atoms with van der Waals surface area (Å²) in [5.74, 6) is 0. The lowest BCUT2D eigenvalue weighted by Crippen LogP contribution is -2.51. The number of nitrogens with zero attached hydrogens (tertiary/aromatic N) is 1. The van der Waals surface area contributed by atoms with E-state index in [9.17, 15) is 38.3 Å². The van der Waals surface area contributed by atoms with E-state index in [0.29, 0.717) is 4.57 Å². The van der Waals surface area contributed by atoms with Crippen LogP contribution in [0, 0.1) is 0 Å². The first-order chi connectivity index (χ1) is 19.8. The maximum atomic E-state index is 14.4. The predicted octanol–water partition coefficient (Wildman–Crippen LogP) is -0.690. The zero-order valence-electron chi connectivity index (χ0n) is 22.5. The molecule has 1 saturated heterocycles. The number of alkyl halides is 1. The van der Waals surface area contributed by atoms with Crippen LogP contribution in [0.1, 0.15) is 13.2 Å². The lowest BCUT2D eigenvalue weighted by Gasteiger charge is -2.33. The third kappa shape index (κ3) is 6.66. The Morgan fingerprint density at radius 3 is 2.02 bits per heavy atom. The van der Waals surface area contributed by atoms with Gasteiger partial charge in [0.25, 0.3) is 5.56 Å². The van der Waals surface area contributed by atoms with Crippen molar-refractivity contribution >= 4 is 20.1 Å². The second-order valence-corrected chi connectivity index (χ2v) is 10.4. The summed E-state index contributed by atoms with van der Waals surface area (Å²) in [6, 6.07) is 0.918. The standard InChI is InChI=1S/C21H30FN2O17P/c1-19(29)15(24-5-4-13(25)23-16(24)26)40-20(10-22)14(21(19,20)30)41-42(31,38-11-36-17(27)34-8-6-32-2)39-12-37-18(28)35-9-7-33-3/h4-5,14-15,29-30H,6-12H2,1-3H3,(H,23,25,26)/t14?,15-,19+,20-,21+/m1/s1. The van der Waals surface area contributed by atoms with Crippen molar-refractivity contribution in [3.8, 4) is 0 Å². The molecule has 1 aliphatic carbocycles. The van der Waals surface area contributed by atoms with Gasteiger partial charge in [0.2, 0.25) is 13.6 Å². The van der Waals surface area contributed by atoms with Crippen molar-refractivity contribution in [3.63, 3.8) is 0 Å². The number of rotatable bonds is 16. The Hall–Kier alpha value is -2.94. The summed E-state index contributed by atoms with van der Waals surface area (Å²) in [4.78, 5) is 48.9. The molecular weight excluding hydrogens is 602 g/mol. The summed E-state index contributed by atoms with van der Waals surface area (Å²) >= 11 is 0. The van der Waals surface area contributed by atoms with Crippen LogP contribution in [0.5, 0.6) is 0 Å². The fourth-order valence-electron chi connectivity index (χ4n) is 4.11. The largest absolute Gasteiger partial charge is 0.510 e. The first kappa shape index (κ1) is 33.6. The first-order valence-electron chi connectivity index (χ1n) is 12.0. The quantitative estimate of drug-likeness (QED) is 0.0884. The Kier molecular flexibility index (Phi) is 10.8. The summed E-state index contributed by atoms with van der Waals surface area (Å²) in [6.07, 6.45) is -5.34. The number of aliphatic hydroxyl groups is 2. The Bertz CT molecular complexity index is 1240. The predicted molar refractivity (Wildman–Crippen MR) is 129 cm³/mol. The molecule has 42 heavy (non-hydrogen) atoms. The maximum Gasteiger partial charge on any atom is 0.510 e. The number of methoxy groups -OCH3 is 2. The fraction of sp³-hybridized carbons (Fsp3) is 0.714. The number of nitrogens with one attached hydrogen (secondary N) is 1. The van der Waals surface area contributed by atoms with Crippen molar-refractivity contribution in [2.24, 2.45) is 0 Å². The van der Waals surface area contributed by atoms with Gasteiger partial charge in [-0.1, -0.05) is 0 Å². The van der Waals surface area contributed by atoms with Gasteiger partial charge in [0.15, 0.2) is 17.4 Å². The highest BCUT2D eigenvalue weighted by atomic mass is 31.2. The van der Waals surface area contributed by atoms with E-state index in [1.807, 2.05) is 4.98 Å². The first-order valence-corrected chi connectivity index (χ1v) is 13.4. The fourth-order valence-corrected chi connectivity index (χ4v) is 5.26. The number of aromatic nitrogens is 2. The number of carbonyl (C=O) groups is 2. The molecule has 5 atom stereocenters. The van der Waals surface area contributed by atoms with Crippen LogP contribution in [0.25, 0.3) is 0 Å². The van der Waals surface area contributed by atoms with Crippen molar-refractivity contribution in [3.05, 3.63) is 33.1 Å². The second-order valence-electron chi connectivity index (χ2n) is 8.82. The normalized spacial score (nSPS) is 28.1. The zero-order chi connectivity index (χ0) is 31.2. The summed E-state index contributed by atoms with van der Waals surface area (Å²) in [5.41, 5.74) is -9.45. The molecule has 3 rings (SSSR count). The van der Waals surface area contributed by atoms with Gasteiger partial charge in [-0.15, -0.1) is 0 Å². The Morgan fingerprint density at radius 2 is 1.57 bits per heavy atom. The molecule has 1 unspecified atom stereocenters. The molecule has 3 N–H and O–H groups in total. The molecule has 0 bridgehead atoms. The summed E-state index contributed by atoms with van der Waals surface area (Å²) in [5, 5.41) is 22.5. The van der Waals surface area contributed by atoms with Gasteiger partial charge >= 0.3 is 25.8 Å². The van der Waals surface area contributed by atoms with Gasteiger partial charge in [-0.2, -0.15) is 0 Å². The van der Waals surface area contributed by atoms with Crippen LogP contribution in [-0.4, -0.2) is 116 Å². The van der Waals surface area contributed by atoms with Crippen LogP contribution in [0.15, 0.2) is 21.9 Å². The van der Waals surface area contributed by atoms with Crippen LogP contribution >= 0.6 is 7.82 Å². The van der Waals surface area contributed by atoms with Crippen LogP contribution in [0.3, 0.4) is 0 Å². The molecule has 0 amide bonds. The molecular formula is C21H30FN2O17P. The molecule has 0 radical (unpaired) electrons. The number of halogens is 1. The molecule has 238 valence electrons. The maximum absolute atomic E-state index is 14.4. The SMILES string of the molecule is COCCOC(=O)OCOP(=O)(OCOC(=O)OCCOC)OC1[C@]2(O)[C@@](C)(O)[C@H](n3ccc(=O)[nH]c3=O)O[C@]12CF. The molecule has 1 aliphatic heterocycles. The van der Waals surface area contributed by atoms with E-state index in [1.165, 1.54) is 14.2 Å². The van der Waals surface area contributed by atoms with E-state index in [2.05, 4.69) is 18.9 Å². The molecule has 1 saturated carbocycles. The van der Waals surface area contributed by atoms with Gasteiger partial charge in [-0.25, -0.2) is 32.4 Å². The minimum atomic E-state index is -5.05. The van der Waals surface area contributed by atoms with Crippen molar-refractivity contribution in [1.29, 1.82) is 0 Å². The number of phosphoric acid groups is 1. The molecule has 2 heterocycles. The van der Waals surface area contributed by atoms with Crippen LogP contribution < -0.4 is 11.2 Å². The number of aromatic amines is 1. The van der Waals surface area contributed by atoms with Gasteiger partial charge in [0.1, 0.15) is 31.6 Å². The molecule has 2 aliphatic rings. The lowest BCUT2D eigenvalue weighted by atomic mass is 9.94.